The van der Waals surface area contributed by atoms with E-state index in [1.54, 1.807) is 24.4 Å². The van der Waals surface area contributed by atoms with Gasteiger partial charge in [0.25, 0.3) is 5.91 Å². The molecule has 0 atom stereocenters. The first-order valence-electron chi connectivity index (χ1n) is 6.41. The first-order valence-corrected chi connectivity index (χ1v) is 6.41. The SMILES string of the molecule is COc1cccc(C(=O)NCc2ccccn2)c1OC(F)F. The fourth-order valence-corrected chi connectivity index (χ4v) is 1.83. The zero-order valence-corrected chi connectivity index (χ0v) is 11.8. The van der Waals surface area contributed by atoms with E-state index in [9.17, 15) is 13.6 Å². The number of pyridine rings is 1. The molecule has 0 aliphatic carbocycles. The second-order valence-electron chi connectivity index (χ2n) is 4.22. The summed E-state index contributed by atoms with van der Waals surface area (Å²) in [5.74, 6) is -0.787. The van der Waals surface area contributed by atoms with Crippen LogP contribution in [0.4, 0.5) is 8.78 Å². The number of alkyl halides is 2. The first-order chi connectivity index (χ1) is 10.6. The summed E-state index contributed by atoms with van der Waals surface area (Å²) in [5, 5.41) is 2.60. The van der Waals surface area contributed by atoms with Gasteiger partial charge in [-0.05, 0) is 24.3 Å². The molecule has 1 aromatic carbocycles. The molecular weight excluding hydrogens is 294 g/mol. The quantitative estimate of drug-likeness (QED) is 0.891. The van der Waals surface area contributed by atoms with Gasteiger partial charge in [-0.3, -0.25) is 9.78 Å². The molecule has 1 aromatic heterocycles. The third-order valence-electron chi connectivity index (χ3n) is 2.81. The molecule has 1 N–H and O–H groups in total. The number of carbonyl (C=O) groups is 1. The second kappa shape index (κ2) is 7.35. The van der Waals surface area contributed by atoms with Gasteiger partial charge >= 0.3 is 6.61 Å². The van der Waals surface area contributed by atoms with Gasteiger partial charge in [0.1, 0.15) is 0 Å². The van der Waals surface area contributed by atoms with Crippen LogP contribution in [-0.4, -0.2) is 24.6 Å². The predicted molar refractivity (Wildman–Crippen MR) is 75.0 cm³/mol. The van der Waals surface area contributed by atoms with Gasteiger partial charge in [-0.1, -0.05) is 12.1 Å². The summed E-state index contributed by atoms with van der Waals surface area (Å²) in [4.78, 5) is 16.2. The number of nitrogens with one attached hydrogen (secondary N) is 1. The molecule has 0 saturated heterocycles. The number of aromatic nitrogens is 1. The number of hydrogen-bond donors (Lipinski definition) is 1. The van der Waals surface area contributed by atoms with Gasteiger partial charge < -0.3 is 14.8 Å². The van der Waals surface area contributed by atoms with Crippen LogP contribution in [0.15, 0.2) is 42.6 Å². The van der Waals surface area contributed by atoms with E-state index in [-0.39, 0.29) is 23.6 Å². The summed E-state index contributed by atoms with van der Waals surface area (Å²) in [5.41, 5.74) is 0.616. The minimum atomic E-state index is -3.06. The highest BCUT2D eigenvalue weighted by atomic mass is 19.3. The van der Waals surface area contributed by atoms with E-state index in [0.717, 1.165) is 0 Å². The van der Waals surface area contributed by atoms with Crippen molar-refractivity contribution in [2.75, 3.05) is 7.11 Å². The number of methoxy groups -OCH3 is 1. The van der Waals surface area contributed by atoms with Crippen molar-refractivity contribution in [3.8, 4) is 11.5 Å². The lowest BCUT2D eigenvalue weighted by Crippen LogP contribution is -2.24. The van der Waals surface area contributed by atoms with Crippen molar-refractivity contribution < 1.29 is 23.0 Å². The standard InChI is InChI=1S/C15H14F2N2O3/c1-21-12-7-4-6-11(13(12)22-15(16)17)14(20)19-9-10-5-2-3-8-18-10/h2-8,15H,9H2,1H3,(H,19,20). The Morgan fingerprint density at radius 3 is 2.73 bits per heavy atom. The molecule has 0 spiro atoms. The van der Waals surface area contributed by atoms with Crippen LogP contribution in [0.25, 0.3) is 0 Å². The Morgan fingerprint density at radius 1 is 1.27 bits per heavy atom. The van der Waals surface area contributed by atoms with E-state index in [2.05, 4.69) is 15.0 Å². The van der Waals surface area contributed by atoms with E-state index < -0.39 is 12.5 Å². The van der Waals surface area contributed by atoms with Gasteiger partial charge in [-0.2, -0.15) is 8.78 Å². The summed E-state index contributed by atoms with van der Waals surface area (Å²) in [6.07, 6.45) is 1.60. The smallest absolute Gasteiger partial charge is 0.387 e. The summed E-state index contributed by atoms with van der Waals surface area (Å²) in [6, 6.07) is 9.61. The molecule has 2 rings (SSSR count). The molecule has 7 heteroatoms. The van der Waals surface area contributed by atoms with Crippen LogP contribution in [0.3, 0.4) is 0 Å². The van der Waals surface area contributed by atoms with Crippen LogP contribution in [0, 0.1) is 0 Å². The van der Waals surface area contributed by atoms with Crippen molar-refractivity contribution in [3.05, 3.63) is 53.9 Å². The van der Waals surface area contributed by atoms with Gasteiger partial charge in [0.05, 0.1) is 24.9 Å². The number of para-hydroxylation sites is 1. The Bertz CT molecular complexity index is 636. The van der Waals surface area contributed by atoms with Crippen LogP contribution in [0.1, 0.15) is 16.1 Å². The minimum absolute atomic E-state index is 0.0319. The summed E-state index contributed by atoms with van der Waals surface area (Å²) in [6.45, 7) is -2.89. The molecule has 1 heterocycles. The lowest BCUT2D eigenvalue weighted by molar-refractivity contribution is -0.0515. The molecule has 0 saturated carbocycles. The number of hydrogen-bond acceptors (Lipinski definition) is 4. The highest BCUT2D eigenvalue weighted by Gasteiger charge is 2.20. The third kappa shape index (κ3) is 3.91. The Kier molecular flexibility index (Phi) is 5.24. The summed E-state index contributed by atoms with van der Waals surface area (Å²) < 4.78 is 34.4. The molecule has 2 aromatic rings. The van der Waals surface area contributed by atoms with Crippen molar-refractivity contribution in [3.63, 3.8) is 0 Å². The van der Waals surface area contributed by atoms with E-state index in [1.165, 1.54) is 25.3 Å². The second-order valence-corrected chi connectivity index (χ2v) is 4.22. The van der Waals surface area contributed by atoms with Crippen LogP contribution < -0.4 is 14.8 Å². The predicted octanol–water partition coefficient (Wildman–Crippen LogP) is 2.62. The van der Waals surface area contributed by atoms with Gasteiger partial charge in [-0.25, -0.2) is 0 Å². The fraction of sp³-hybridized carbons (Fsp3) is 0.200. The van der Waals surface area contributed by atoms with Crippen LogP contribution in [-0.2, 0) is 6.54 Å². The topological polar surface area (TPSA) is 60.5 Å². The lowest BCUT2D eigenvalue weighted by atomic mass is 10.1. The van der Waals surface area contributed by atoms with Crippen LogP contribution in [0.5, 0.6) is 11.5 Å². The van der Waals surface area contributed by atoms with E-state index in [4.69, 9.17) is 4.74 Å². The molecule has 0 radical (unpaired) electrons. The molecule has 0 aliphatic rings. The van der Waals surface area contributed by atoms with Gasteiger partial charge in [0.2, 0.25) is 0 Å². The molecule has 116 valence electrons. The number of carbonyl (C=O) groups excluding carboxylic acids is 1. The van der Waals surface area contributed by atoms with E-state index in [0.29, 0.717) is 5.69 Å². The van der Waals surface area contributed by atoms with Crippen molar-refractivity contribution in [2.45, 2.75) is 13.2 Å². The van der Waals surface area contributed by atoms with Crippen LogP contribution >= 0.6 is 0 Å². The highest BCUT2D eigenvalue weighted by Crippen LogP contribution is 2.32. The first kappa shape index (κ1) is 15.7. The maximum Gasteiger partial charge on any atom is 0.387 e. The fourth-order valence-electron chi connectivity index (χ4n) is 1.83. The largest absolute Gasteiger partial charge is 0.493 e. The highest BCUT2D eigenvalue weighted by molar-refractivity contribution is 5.97. The number of ether oxygens (including phenoxy) is 2. The molecule has 0 aliphatic heterocycles. The lowest BCUT2D eigenvalue weighted by Gasteiger charge is -2.14. The molecule has 0 fully saturated rings. The third-order valence-corrected chi connectivity index (χ3v) is 2.81. The number of amides is 1. The maximum absolute atomic E-state index is 12.5. The minimum Gasteiger partial charge on any atom is -0.493 e. The molecule has 5 nitrogen and oxygen atoms in total. The normalized spacial score (nSPS) is 10.4. The summed E-state index contributed by atoms with van der Waals surface area (Å²) >= 11 is 0. The van der Waals surface area contributed by atoms with Crippen molar-refractivity contribution in [1.29, 1.82) is 0 Å². The zero-order chi connectivity index (χ0) is 15.9. The molecule has 0 bridgehead atoms. The molecule has 22 heavy (non-hydrogen) atoms. The average molecular weight is 308 g/mol. The number of rotatable bonds is 6. The Balaban J connectivity index is 2.18. The van der Waals surface area contributed by atoms with E-state index >= 15 is 0 Å². The molecule has 1 amide bonds. The Morgan fingerprint density at radius 2 is 2.09 bits per heavy atom. The van der Waals surface area contributed by atoms with E-state index in [1.807, 2.05) is 0 Å². The number of nitrogens with zero attached hydrogens (tertiary/aromatic N) is 1. The average Bonchev–Trinajstić information content (AvgIpc) is 2.53. The number of halogens is 2. The van der Waals surface area contributed by atoms with Gasteiger partial charge in [-0.15, -0.1) is 0 Å². The summed E-state index contributed by atoms with van der Waals surface area (Å²) in [7, 11) is 1.31. The van der Waals surface area contributed by atoms with Crippen molar-refractivity contribution in [1.82, 2.24) is 10.3 Å². The monoisotopic (exact) mass is 308 g/mol. The molecule has 0 unspecified atom stereocenters. The van der Waals surface area contributed by atoms with Gasteiger partial charge in [0.15, 0.2) is 11.5 Å². The number of benzene rings is 1. The Hall–Kier alpha value is -2.70. The van der Waals surface area contributed by atoms with Crippen molar-refractivity contribution in [2.24, 2.45) is 0 Å². The van der Waals surface area contributed by atoms with Gasteiger partial charge in [0, 0.05) is 6.20 Å². The zero-order valence-electron chi connectivity index (χ0n) is 11.8. The van der Waals surface area contributed by atoms with Crippen molar-refractivity contribution >= 4 is 5.91 Å². The maximum atomic E-state index is 12.5. The van der Waals surface area contributed by atoms with Crippen LogP contribution in [0.2, 0.25) is 0 Å². The Labute approximate surface area is 125 Å². The molecular formula is C15H14F2N2O3.